The van der Waals surface area contributed by atoms with Crippen LogP contribution in [0.1, 0.15) is 29.7 Å². The number of aryl methyl sites for hydroxylation is 1. The molecule has 2 rings (SSSR count). The summed E-state index contributed by atoms with van der Waals surface area (Å²) in [6, 6.07) is 13.8. The predicted molar refractivity (Wildman–Crippen MR) is 84.0 cm³/mol. The number of aliphatic hydroxyl groups excluding tert-OH is 1. The predicted octanol–water partition coefficient (Wildman–Crippen LogP) is 3.54. The van der Waals surface area contributed by atoms with Crippen LogP contribution in [-0.2, 0) is 12.8 Å². The van der Waals surface area contributed by atoms with Crippen LogP contribution in [0.4, 0.5) is 0 Å². The van der Waals surface area contributed by atoms with Crippen LogP contribution in [0.25, 0.3) is 0 Å². The summed E-state index contributed by atoms with van der Waals surface area (Å²) < 4.78 is 10.5. The molecule has 2 aromatic rings. The van der Waals surface area contributed by atoms with E-state index in [1.165, 1.54) is 5.56 Å². The Kier molecular flexibility index (Phi) is 5.23. The quantitative estimate of drug-likeness (QED) is 0.882. The van der Waals surface area contributed by atoms with Crippen molar-refractivity contribution in [3.63, 3.8) is 0 Å². The molecule has 3 nitrogen and oxygen atoms in total. The molecule has 0 aliphatic rings. The monoisotopic (exact) mass is 286 g/mol. The van der Waals surface area contributed by atoms with E-state index in [2.05, 4.69) is 31.2 Å². The van der Waals surface area contributed by atoms with Crippen LogP contribution < -0.4 is 9.47 Å². The van der Waals surface area contributed by atoms with Gasteiger partial charge < -0.3 is 14.6 Å². The van der Waals surface area contributed by atoms with Gasteiger partial charge in [0, 0.05) is 12.0 Å². The summed E-state index contributed by atoms with van der Waals surface area (Å²) in [6.45, 7) is 2.13. The lowest BCUT2D eigenvalue weighted by molar-refractivity contribution is 0.173. The zero-order valence-corrected chi connectivity index (χ0v) is 12.8. The minimum Gasteiger partial charge on any atom is -0.497 e. The van der Waals surface area contributed by atoms with E-state index in [-0.39, 0.29) is 0 Å². The summed E-state index contributed by atoms with van der Waals surface area (Å²) >= 11 is 0. The van der Waals surface area contributed by atoms with Crippen LogP contribution in [0.15, 0.2) is 42.5 Å². The molecule has 112 valence electrons. The molecule has 3 heteroatoms. The Bertz CT molecular complexity index is 576. The van der Waals surface area contributed by atoms with E-state index in [1.54, 1.807) is 14.2 Å². The lowest BCUT2D eigenvalue weighted by atomic mass is 9.99. The van der Waals surface area contributed by atoms with Gasteiger partial charge in [0.1, 0.15) is 11.5 Å². The molecule has 0 aliphatic heterocycles. The largest absolute Gasteiger partial charge is 0.497 e. The van der Waals surface area contributed by atoms with Gasteiger partial charge in [-0.3, -0.25) is 0 Å². The molecule has 0 aromatic heterocycles. The lowest BCUT2D eigenvalue weighted by Gasteiger charge is -2.16. The van der Waals surface area contributed by atoms with Crippen molar-refractivity contribution >= 4 is 0 Å². The topological polar surface area (TPSA) is 38.7 Å². The molecule has 0 fully saturated rings. The Labute approximate surface area is 126 Å². The van der Waals surface area contributed by atoms with Crippen LogP contribution in [0.2, 0.25) is 0 Å². The average Bonchev–Trinajstić information content (AvgIpc) is 2.54. The highest BCUT2D eigenvalue weighted by Gasteiger charge is 2.15. The summed E-state index contributed by atoms with van der Waals surface area (Å²) in [6.07, 6.45) is 0.947. The molecule has 0 saturated heterocycles. The Balaban J connectivity index is 2.20. The van der Waals surface area contributed by atoms with Gasteiger partial charge in [0.2, 0.25) is 0 Å². The van der Waals surface area contributed by atoms with Crippen molar-refractivity contribution in [3.05, 3.63) is 59.2 Å². The Hall–Kier alpha value is -2.00. The zero-order valence-electron chi connectivity index (χ0n) is 12.8. The van der Waals surface area contributed by atoms with Crippen molar-refractivity contribution in [2.24, 2.45) is 0 Å². The van der Waals surface area contributed by atoms with E-state index in [9.17, 15) is 5.11 Å². The minimum absolute atomic E-state index is 0.549. The van der Waals surface area contributed by atoms with Crippen molar-refractivity contribution in [1.29, 1.82) is 0 Å². The van der Waals surface area contributed by atoms with Crippen LogP contribution in [0.3, 0.4) is 0 Å². The van der Waals surface area contributed by atoms with E-state index >= 15 is 0 Å². The lowest BCUT2D eigenvalue weighted by Crippen LogP contribution is -2.04. The molecule has 2 aromatic carbocycles. The third kappa shape index (κ3) is 3.76. The Morgan fingerprint density at radius 3 is 2.19 bits per heavy atom. The van der Waals surface area contributed by atoms with Crippen LogP contribution >= 0.6 is 0 Å². The molecule has 1 N–H and O–H groups in total. The van der Waals surface area contributed by atoms with Crippen molar-refractivity contribution in [2.45, 2.75) is 25.9 Å². The van der Waals surface area contributed by atoms with Gasteiger partial charge in [-0.1, -0.05) is 31.2 Å². The highest BCUT2D eigenvalue weighted by atomic mass is 16.5. The summed E-state index contributed by atoms with van der Waals surface area (Å²) in [7, 11) is 3.22. The van der Waals surface area contributed by atoms with E-state index in [1.807, 2.05) is 18.2 Å². The molecule has 0 amide bonds. The molecule has 0 aliphatic carbocycles. The molecule has 1 atom stereocenters. The van der Waals surface area contributed by atoms with Crippen molar-refractivity contribution in [3.8, 4) is 11.5 Å². The van der Waals surface area contributed by atoms with Gasteiger partial charge in [-0.15, -0.1) is 0 Å². The number of hydrogen-bond acceptors (Lipinski definition) is 3. The molecule has 0 saturated carbocycles. The minimum atomic E-state index is -0.623. The summed E-state index contributed by atoms with van der Waals surface area (Å²) in [5, 5.41) is 10.5. The molecule has 0 heterocycles. The Morgan fingerprint density at radius 2 is 1.62 bits per heavy atom. The number of benzene rings is 2. The maximum absolute atomic E-state index is 10.5. The van der Waals surface area contributed by atoms with Crippen molar-refractivity contribution in [1.82, 2.24) is 0 Å². The molecule has 1 unspecified atom stereocenters. The first-order valence-electron chi connectivity index (χ1n) is 7.15. The van der Waals surface area contributed by atoms with Crippen LogP contribution in [0.5, 0.6) is 11.5 Å². The number of hydrogen-bond donors (Lipinski definition) is 1. The second-order valence-corrected chi connectivity index (χ2v) is 5.00. The van der Waals surface area contributed by atoms with Gasteiger partial charge in [0.05, 0.1) is 20.3 Å². The first kappa shape index (κ1) is 15.4. The molecule has 21 heavy (non-hydrogen) atoms. The summed E-state index contributed by atoms with van der Waals surface area (Å²) in [5.41, 5.74) is 3.15. The fourth-order valence-corrected chi connectivity index (χ4v) is 2.34. The third-order valence-electron chi connectivity index (χ3n) is 3.66. The number of aliphatic hydroxyl groups is 1. The number of ether oxygens (including phenoxy) is 2. The fraction of sp³-hybridized carbons (Fsp3) is 0.333. The van der Waals surface area contributed by atoms with Gasteiger partial charge in [0.25, 0.3) is 0 Å². The van der Waals surface area contributed by atoms with Crippen LogP contribution in [0, 0.1) is 0 Å². The average molecular weight is 286 g/mol. The van der Waals surface area contributed by atoms with Gasteiger partial charge in [0.15, 0.2) is 0 Å². The molecule has 0 bridgehead atoms. The summed E-state index contributed by atoms with van der Waals surface area (Å²) in [5.74, 6) is 1.39. The molecular weight excluding hydrogens is 264 g/mol. The molecule has 0 spiro atoms. The zero-order chi connectivity index (χ0) is 15.2. The van der Waals surface area contributed by atoms with E-state index in [0.29, 0.717) is 17.9 Å². The second-order valence-electron chi connectivity index (χ2n) is 5.00. The Morgan fingerprint density at radius 1 is 0.952 bits per heavy atom. The van der Waals surface area contributed by atoms with E-state index in [0.717, 1.165) is 17.5 Å². The maximum Gasteiger partial charge on any atom is 0.124 e. The standard InChI is InChI=1S/C18H22O3/c1-4-13-5-7-14(8-6-13)11-17(19)16-12-15(20-2)9-10-18(16)21-3/h5-10,12,17,19H,4,11H2,1-3H3. The van der Waals surface area contributed by atoms with Gasteiger partial charge in [-0.25, -0.2) is 0 Å². The number of rotatable bonds is 6. The van der Waals surface area contributed by atoms with E-state index in [4.69, 9.17) is 9.47 Å². The highest BCUT2D eigenvalue weighted by molar-refractivity contribution is 5.42. The number of methoxy groups -OCH3 is 2. The smallest absolute Gasteiger partial charge is 0.124 e. The first-order chi connectivity index (χ1) is 10.2. The van der Waals surface area contributed by atoms with Gasteiger partial charge in [-0.2, -0.15) is 0 Å². The first-order valence-corrected chi connectivity index (χ1v) is 7.15. The van der Waals surface area contributed by atoms with Crippen molar-refractivity contribution < 1.29 is 14.6 Å². The fourth-order valence-electron chi connectivity index (χ4n) is 2.34. The SMILES string of the molecule is CCc1ccc(CC(O)c2cc(OC)ccc2OC)cc1. The van der Waals surface area contributed by atoms with Crippen LogP contribution in [-0.4, -0.2) is 19.3 Å². The summed E-state index contributed by atoms with van der Waals surface area (Å²) in [4.78, 5) is 0. The normalized spacial score (nSPS) is 12.0. The third-order valence-corrected chi connectivity index (χ3v) is 3.66. The molecular formula is C18H22O3. The van der Waals surface area contributed by atoms with Gasteiger partial charge in [-0.05, 0) is 35.7 Å². The molecule has 0 radical (unpaired) electrons. The maximum atomic E-state index is 10.5. The van der Waals surface area contributed by atoms with Crippen molar-refractivity contribution in [2.75, 3.05) is 14.2 Å². The van der Waals surface area contributed by atoms with E-state index < -0.39 is 6.10 Å². The highest BCUT2D eigenvalue weighted by Crippen LogP contribution is 2.31. The van der Waals surface area contributed by atoms with Gasteiger partial charge >= 0.3 is 0 Å². The second kappa shape index (κ2) is 7.14.